The molecule has 1 N–H and O–H groups in total. The lowest BCUT2D eigenvalue weighted by Crippen LogP contribution is -2.43. The Morgan fingerprint density at radius 1 is 0.683 bits per heavy atom. The molecule has 5 rings (SSSR count). The van der Waals surface area contributed by atoms with Crippen molar-refractivity contribution in [3.8, 4) is 17.2 Å². The minimum atomic E-state index is -1.95. The third-order valence-corrected chi connectivity index (χ3v) is 19.5. The Morgan fingerprint density at radius 2 is 1.17 bits per heavy atom. The van der Waals surface area contributed by atoms with Gasteiger partial charge in [-0.15, -0.1) is 0 Å². The predicted molar refractivity (Wildman–Crippen MR) is 177 cm³/mol. The largest absolute Gasteiger partial charge is 0.543 e. The van der Waals surface area contributed by atoms with Crippen LogP contribution in [0.5, 0.6) is 17.2 Å². The van der Waals surface area contributed by atoms with Crippen LogP contribution in [0.2, 0.25) is 36.3 Å². The van der Waals surface area contributed by atoms with E-state index in [0.29, 0.717) is 11.7 Å². The molecule has 2 unspecified atom stereocenters. The summed E-state index contributed by atoms with van der Waals surface area (Å²) in [4.78, 5) is 0. The summed E-state index contributed by atoms with van der Waals surface area (Å²) in [5.41, 5.74) is 7.22. The molecule has 3 aromatic carbocycles. The lowest BCUT2D eigenvalue weighted by Gasteiger charge is -2.36. The highest BCUT2D eigenvalue weighted by Crippen LogP contribution is 2.57. The molecule has 3 aromatic rings. The molecule has 0 aliphatic heterocycles. The first-order valence-corrected chi connectivity index (χ1v) is 21.1. The smallest absolute Gasteiger partial charge is 0.250 e. The maximum atomic E-state index is 9.94. The third-order valence-electron chi connectivity index (χ3n) is 10.8. The van der Waals surface area contributed by atoms with Crippen LogP contribution in [0, 0.1) is 5.41 Å². The highest BCUT2D eigenvalue weighted by atomic mass is 28.4. The van der Waals surface area contributed by atoms with Crippen molar-refractivity contribution >= 4 is 16.6 Å². The Kier molecular flexibility index (Phi) is 7.34. The zero-order chi connectivity index (χ0) is 30.0. The van der Waals surface area contributed by atoms with Gasteiger partial charge in [0.15, 0.2) is 0 Å². The van der Waals surface area contributed by atoms with E-state index < -0.39 is 16.6 Å². The van der Waals surface area contributed by atoms with E-state index in [1.54, 1.807) is 0 Å². The normalized spacial score (nSPS) is 20.7. The highest BCUT2D eigenvalue weighted by Gasteiger charge is 2.50. The molecule has 0 radical (unpaired) electrons. The lowest BCUT2D eigenvalue weighted by molar-refractivity contribution is 0.257. The van der Waals surface area contributed by atoms with Crippen molar-refractivity contribution in [3.05, 3.63) is 88.5 Å². The number of benzene rings is 3. The summed E-state index contributed by atoms with van der Waals surface area (Å²) < 4.78 is 13.5. The van der Waals surface area contributed by atoms with E-state index in [-0.39, 0.29) is 15.5 Å². The molecule has 0 aromatic heterocycles. The van der Waals surface area contributed by atoms with Gasteiger partial charge in [-0.05, 0) is 137 Å². The van der Waals surface area contributed by atoms with E-state index in [1.165, 1.54) is 27.8 Å². The van der Waals surface area contributed by atoms with Crippen molar-refractivity contribution in [1.29, 1.82) is 0 Å². The second-order valence-electron chi connectivity index (χ2n) is 15.8. The van der Waals surface area contributed by atoms with Gasteiger partial charge in [-0.25, -0.2) is 0 Å². The summed E-state index contributed by atoms with van der Waals surface area (Å²) in [5, 5.41) is 10.3. The van der Waals surface area contributed by atoms with Crippen molar-refractivity contribution < 1.29 is 14.0 Å². The summed E-state index contributed by atoms with van der Waals surface area (Å²) in [5.74, 6) is 2.75. The van der Waals surface area contributed by atoms with Gasteiger partial charge in [-0.2, -0.15) is 0 Å². The van der Waals surface area contributed by atoms with Crippen LogP contribution in [-0.4, -0.2) is 21.7 Å². The second kappa shape index (κ2) is 10.0. The zero-order valence-electron chi connectivity index (χ0n) is 26.9. The predicted octanol–water partition coefficient (Wildman–Crippen LogP) is 9.83. The van der Waals surface area contributed by atoms with Gasteiger partial charge < -0.3 is 14.0 Å². The molecule has 1 spiro atoms. The Balaban J connectivity index is 1.49. The number of rotatable bonds is 6. The molecule has 0 saturated heterocycles. The topological polar surface area (TPSA) is 38.7 Å². The standard InChI is InChI=1S/C36H50O3Si2/c1-34(2,3)40(7,8)38-30-17-13-26-22-36(24-28(26)20-30)23-27-14-18-31(39-41(9,10)35(4,5)6)21-32(27)33(36)19-25-11-15-29(37)16-12-25/h11-18,20-21,33,37H,19,22-24H2,1-10H3. The van der Waals surface area contributed by atoms with Crippen molar-refractivity contribution in [2.45, 2.75) is 109 Å². The lowest BCUT2D eigenvalue weighted by atomic mass is 9.71. The van der Waals surface area contributed by atoms with Crippen LogP contribution in [0.15, 0.2) is 60.7 Å². The number of phenols is 1. The Hall–Kier alpha value is -2.51. The molecule has 41 heavy (non-hydrogen) atoms. The average molecular weight is 587 g/mol. The van der Waals surface area contributed by atoms with E-state index >= 15 is 0 Å². The molecular weight excluding hydrogens is 537 g/mol. The molecule has 2 aliphatic rings. The van der Waals surface area contributed by atoms with Gasteiger partial charge >= 0.3 is 0 Å². The SMILES string of the molecule is CC(C)(C)[Si](C)(C)Oc1ccc2c(c1)CC1(C2)Cc2ccc(O[Si](C)(C)C(C)(C)C)cc2C1Cc1ccc(O)cc1. The summed E-state index contributed by atoms with van der Waals surface area (Å²) in [6, 6.07) is 21.6. The molecule has 220 valence electrons. The Bertz CT molecular complexity index is 1420. The quantitative estimate of drug-likeness (QED) is 0.292. The van der Waals surface area contributed by atoms with Crippen LogP contribution in [-0.2, 0) is 25.7 Å². The summed E-state index contributed by atoms with van der Waals surface area (Å²) in [7, 11) is -3.86. The first-order valence-electron chi connectivity index (χ1n) is 15.3. The van der Waals surface area contributed by atoms with Gasteiger partial charge in [0.2, 0.25) is 16.6 Å². The number of hydrogen-bond donors (Lipinski definition) is 1. The minimum Gasteiger partial charge on any atom is -0.543 e. The fraction of sp³-hybridized carbons (Fsp3) is 0.500. The van der Waals surface area contributed by atoms with Gasteiger partial charge in [-0.3, -0.25) is 0 Å². The van der Waals surface area contributed by atoms with Gasteiger partial charge in [0, 0.05) is 0 Å². The van der Waals surface area contributed by atoms with Gasteiger partial charge in [0.05, 0.1) is 0 Å². The maximum Gasteiger partial charge on any atom is 0.250 e. The van der Waals surface area contributed by atoms with Gasteiger partial charge in [0.25, 0.3) is 0 Å². The second-order valence-corrected chi connectivity index (χ2v) is 25.3. The van der Waals surface area contributed by atoms with Crippen LogP contribution >= 0.6 is 0 Å². The van der Waals surface area contributed by atoms with Crippen LogP contribution in [0.3, 0.4) is 0 Å². The van der Waals surface area contributed by atoms with Gasteiger partial charge in [-0.1, -0.05) is 65.8 Å². The summed E-state index contributed by atoms with van der Waals surface area (Å²) >= 11 is 0. The van der Waals surface area contributed by atoms with E-state index in [9.17, 15) is 5.11 Å². The summed E-state index contributed by atoms with van der Waals surface area (Å²) in [6.07, 6.45) is 4.18. The molecule has 2 atom stereocenters. The fourth-order valence-electron chi connectivity index (χ4n) is 6.24. The number of phenolic OH excluding ortho intramolecular Hbond substituents is 1. The molecule has 3 nitrogen and oxygen atoms in total. The number of aromatic hydroxyl groups is 1. The molecule has 2 aliphatic carbocycles. The van der Waals surface area contributed by atoms with Crippen LogP contribution in [0.1, 0.15) is 75.3 Å². The summed E-state index contributed by atoms with van der Waals surface area (Å²) in [6.45, 7) is 23.1. The van der Waals surface area contributed by atoms with Crippen molar-refractivity contribution in [2.75, 3.05) is 0 Å². The fourth-order valence-corrected chi connectivity index (χ4v) is 8.28. The van der Waals surface area contributed by atoms with Gasteiger partial charge in [0.1, 0.15) is 17.2 Å². The first-order chi connectivity index (χ1) is 18.9. The molecule has 0 amide bonds. The van der Waals surface area contributed by atoms with E-state index in [0.717, 1.165) is 37.2 Å². The minimum absolute atomic E-state index is 0.133. The third kappa shape index (κ3) is 5.77. The molecule has 0 saturated carbocycles. The van der Waals surface area contributed by atoms with Crippen LogP contribution < -0.4 is 8.85 Å². The van der Waals surface area contributed by atoms with Crippen LogP contribution in [0.25, 0.3) is 0 Å². The molecule has 0 bridgehead atoms. The Labute approximate surface area is 250 Å². The number of fused-ring (bicyclic) bond motifs is 2. The first kappa shape index (κ1) is 30.0. The zero-order valence-corrected chi connectivity index (χ0v) is 28.9. The van der Waals surface area contributed by atoms with E-state index in [1.807, 2.05) is 12.1 Å². The van der Waals surface area contributed by atoms with Crippen molar-refractivity contribution in [2.24, 2.45) is 5.41 Å². The highest BCUT2D eigenvalue weighted by molar-refractivity contribution is 6.75. The van der Waals surface area contributed by atoms with E-state index in [2.05, 4.69) is 116 Å². The number of hydrogen-bond acceptors (Lipinski definition) is 3. The maximum absolute atomic E-state index is 9.94. The molecule has 0 heterocycles. The Morgan fingerprint density at radius 3 is 1.73 bits per heavy atom. The molecule has 0 fully saturated rings. The van der Waals surface area contributed by atoms with E-state index in [4.69, 9.17) is 8.85 Å². The average Bonchev–Trinajstić information content (AvgIpc) is 3.34. The van der Waals surface area contributed by atoms with Crippen molar-refractivity contribution in [1.82, 2.24) is 0 Å². The molecule has 5 heteroatoms. The van der Waals surface area contributed by atoms with Crippen molar-refractivity contribution in [3.63, 3.8) is 0 Å². The monoisotopic (exact) mass is 586 g/mol. The molecular formula is C36H50O3Si2. The van der Waals surface area contributed by atoms with Crippen LogP contribution in [0.4, 0.5) is 0 Å².